The van der Waals surface area contributed by atoms with Gasteiger partial charge in [-0.15, -0.1) is 10.2 Å². The van der Waals surface area contributed by atoms with Crippen molar-refractivity contribution in [2.75, 3.05) is 25.4 Å². The number of carbonyl (C=O) groups is 2. The van der Waals surface area contributed by atoms with E-state index in [0.29, 0.717) is 32.5 Å². The molecule has 0 radical (unpaired) electrons. The minimum absolute atomic E-state index is 0.0432. The van der Waals surface area contributed by atoms with Crippen LogP contribution in [0.15, 0.2) is 84.0 Å². The van der Waals surface area contributed by atoms with Gasteiger partial charge in [0, 0.05) is 49.8 Å². The molecule has 0 spiro atoms. The molecule has 11 heteroatoms. The largest absolute Gasteiger partial charge is 0.416 e. The molecule has 1 fully saturated rings. The van der Waals surface area contributed by atoms with Gasteiger partial charge in [0.1, 0.15) is 5.82 Å². The van der Waals surface area contributed by atoms with Crippen LogP contribution in [0.3, 0.4) is 0 Å². The number of carbonyl (C=O) groups excluding carboxylic acids is 2. The third-order valence-electron chi connectivity index (χ3n) is 7.98. The molecule has 4 aromatic rings. The molecule has 1 aliphatic heterocycles. The lowest BCUT2D eigenvalue weighted by atomic mass is 10.1. The van der Waals surface area contributed by atoms with E-state index in [1.54, 1.807) is 21.6 Å². The Hall–Kier alpha value is -4.12. The molecule has 3 aromatic carbocycles. The standard InChI is InChI=1S/C34H36F3N5O2S/c1-24-10-6-7-13-29(24)42-30(22-26-11-4-3-5-12-26)38-39-33(42)45-21-9-8-14-31(43)40-19-20-41(25(2)23-40)32(44)27-15-17-28(18-16-27)34(35,36)37/h3-7,10-13,15-18,25H,8-9,14,19-23H2,1-2H3. The molecule has 0 saturated carbocycles. The maximum Gasteiger partial charge on any atom is 0.416 e. The molecule has 2 heterocycles. The second-order valence-corrected chi connectivity index (χ2v) is 12.3. The smallest absolute Gasteiger partial charge is 0.339 e. The molecule has 5 rings (SSSR count). The van der Waals surface area contributed by atoms with Crippen LogP contribution in [0.2, 0.25) is 0 Å². The van der Waals surface area contributed by atoms with Crippen LogP contribution in [0.4, 0.5) is 13.2 Å². The first-order valence-corrected chi connectivity index (χ1v) is 16.0. The highest BCUT2D eigenvalue weighted by Crippen LogP contribution is 2.30. The molecule has 236 valence electrons. The van der Waals surface area contributed by atoms with Crippen molar-refractivity contribution in [2.45, 2.75) is 56.9 Å². The average molecular weight is 636 g/mol. The van der Waals surface area contributed by atoms with Gasteiger partial charge in [0.25, 0.3) is 5.91 Å². The van der Waals surface area contributed by atoms with Crippen molar-refractivity contribution in [1.29, 1.82) is 0 Å². The summed E-state index contributed by atoms with van der Waals surface area (Å²) in [5.41, 5.74) is 2.76. The third kappa shape index (κ3) is 7.94. The lowest BCUT2D eigenvalue weighted by Gasteiger charge is -2.40. The van der Waals surface area contributed by atoms with Crippen LogP contribution in [-0.4, -0.2) is 67.8 Å². The molecular formula is C34H36F3N5O2S. The van der Waals surface area contributed by atoms with Crippen molar-refractivity contribution in [2.24, 2.45) is 0 Å². The summed E-state index contributed by atoms with van der Waals surface area (Å²) in [6, 6.07) is 22.4. The zero-order valence-electron chi connectivity index (χ0n) is 25.3. The number of amides is 2. The van der Waals surface area contributed by atoms with Gasteiger partial charge in [0.2, 0.25) is 5.91 Å². The van der Waals surface area contributed by atoms with Gasteiger partial charge >= 0.3 is 6.18 Å². The van der Waals surface area contributed by atoms with Gasteiger partial charge in [0.15, 0.2) is 5.16 Å². The highest BCUT2D eigenvalue weighted by molar-refractivity contribution is 7.99. The summed E-state index contributed by atoms with van der Waals surface area (Å²) in [4.78, 5) is 29.4. The van der Waals surface area contributed by atoms with E-state index >= 15 is 0 Å². The fraction of sp³-hybridized carbons (Fsp3) is 0.353. The summed E-state index contributed by atoms with van der Waals surface area (Å²) >= 11 is 1.63. The second kappa shape index (κ2) is 14.3. The Morgan fingerprint density at radius 3 is 2.31 bits per heavy atom. The summed E-state index contributed by atoms with van der Waals surface area (Å²) in [6.45, 7) is 5.06. The van der Waals surface area contributed by atoms with E-state index in [4.69, 9.17) is 0 Å². The van der Waals surface area contributed by atoms with Crippen molar-refractivity contribution >= 4 is 23.6 Å². The summed E-state index contributed by atoms with van der Waals surface area (Å²) in [5, 5.41) is 9.88. The molecule has 1 atom stereocenters. The van der Waals surface area contributed by atoms with E-state index < -0.39 is 11.7 Å². The molecule has 1 aromatic heterocycles. The Kier molecular flexibility index (Phi) is 10.3. The van der Waals surface area contributed by atoms with Gasteiger partial charge < -0.3 is 9.80 Å². The monoisotopic (exact) mass is 635 g/mol. The summed E-state index contributed by atoms with van der Waals surface area (Å²) in [5.74, 6) is 1.37. The number of thioether (sulfide) groups is 1. The lowest BCUT2D eigenvalue weighted by Crippen LogP contribution is -2.55. The first-order valence-electron chi connectivity index (χ1n) is 15.0. The normalized spacial score (nSPS) is 15.4. The number of benzene rings is 3. The Morgan fingerprint density at radius 2 is 1.62 bits per heavy atom. The van der Waals surface area contributed by atoms with E-state index in [2.05, 4.69) is 46.0 Å². The fourth-order valence-corrected chi connectivity index (χ4v) is 6.46. The molecule has 7 nitrogen and oxygen atoms in total. The van der Waals surface area contributed by atoms with Crippen LogP contribution < -0.4 is 0 Å². The van der Waals surface area contributed by atoms with Gasteiger partial charge in [-0.25, -0.2) is 0 Å². The Labute approximate surface area is 265 Å². The SMILES string of the molecule is Cc1ccccc1-n1c(Cc2ccccc2)nnc1SCCCCC(=O)N1CCN(C(=O)c2ccc(C(F)(F)F)cc2)C(C)C1. The number of halogens is 3. The number of piperazine rings is 1. The first kappa shape index (κ1) is 32.3. The second-order valence-electron chi connectivity index (χ2n) is 11.3. The van der Waals surface area contributed by atoms with E-state index in [9.17, 15) is 22.8 Å². The average Bonchev–Trinajstić information content (AvgIpc) is 3.42. The van der Waals surface area contributed by atoms with Gasteiger partial charge in [0.05, 0.1) is 11.3 Å². The predicted molar refractivity (Wildman–Crippen MR) is 168 cm³/mol. The maximum absolute atomic E-state index is 13.0. The molecular weight excluding hydrogens is 599 g/mol. The molecule has 1 saturated heterocycles. The van der Waals surface area contributed by atoms with Crippen LogP contribution in [0.1, 0.15) is 59.1 Å². The zero-order chi connectivity index (χ0) is 32.0. The third-order valence-corrected chi connectivity index (χ3v) is 8.99. The topological polar surface area (TPSA) is 71.3 Å². The summed E-state index contributed by atoms with van der Waals surface area (Å²) in [6.07, 6.45) is -1.83. The quantitative estimate of drug-likeness (QED) is 0.141. The first-order chi connectivity index (χ1) is 21.6. The number of unbranched alkanes of at least 4 members (excludes halogenated alkanes) is 1. The van der Waals surface area contributed by atoms with Gasteiger partial charge in [-0.2, -0.15) is 13.2 Å². The van der Waals surface area contributed by atoms with Crippen molar-refractivity contribution in [3.05, 3.63) is 107 Å². The lowest BCUT2D eigenvalue weighted by molar-refractivity contribution is -0.137. The predicted octanol–water partition coefficient (Wildman–Crippen LogP) is 6.82. The molecule has 1 unspecified atom stereocenters. The molecule has 2 amide bonds. The van der Waals surface area contributed by atoms with Crippen LogP contribution in [0.25, 0.3) is 5.69 Å². The number of aromatic nitrogens is 3. The highest BCUT2D eigenvalue weighted by Gasteiger charge is 2.32. The van der Waals surface area contributed by atoms with Gasteiger partial charge in [-0.3, -0.25) is 14.2 Å². The van der Waals surface area contributed by atoms with Crippen LogP contribution in [0.5, 0.6) is 0 Å². The van der Waals surface area contributed by atoms with E-state index in [0.717, 1.165) is 58.5 Å². The summed E-state index contributed by atoms with van der Waals surface area (Å²) < 4.78 is 40.8. The highest BCUT2D eigenvalue weighted by atomic mass is 32.2. The van der Waals surface area contributed by atoms with Crippen LogP contribution in [-0.2, 0) is 17.4 Å². The Bertz CT molecular complexity index is 1610. The number of para-hydroxylation sites is 1. The molecule has 45 heavy (non-hydrogen) atoms. The van der Waals surface area contributed by atoms with Gasteiger partial charge in [-0.05, 0) is 68.1 Å². The molecule has 1 aliphatic rings. The van der Waals surface area contributed by atoms with Gasteiger partial charge in [-0.1, -0.05) is 60.3 Å². The minimum Gasteiger partial charge on any atom is -0.339 e. The number of nitrogens with zero attached hydrogens (tertiary/aromatic N) is 5. The molecule has 0 bridgehead atoms. The molecule has 0 N–H and O–H groups in total. The van der Waals surface area contributed by atoms with Crippen molar-refractivity contribution in [1.82, 2.24) is 24.6 Å². The van der Waals surface area contributed by atoms with E-state index in [1.807, 2.05) is 37.3 Å². The van der Waals surface area contributed by atoms with E-state index in [1.165, 1.54) is 12.1 Å². The Morgan fingerprint density at radius 1 is 0.911 bits per heavy atom. The zero-order valence-corrected chi connectivity index (χ0v) is 26.2. The number of hydrogen-bond acceptors (Lipinski definition) is 5. The number of alkyl halides is 3. The van der Waals surface area contributed by atoms with Crippen LogP contribution in [0, 0.1) is 6.92 Å². The van der Waals surface area contributed by atoms with Crippen molar-refractivity contribution < 1.29 is 22.8 Å². The maximum atomic E-state index is 13.0. The van der Waals surface area contributed by atoms with Crippen molar-refractivity contribution in [3.8, 4) is 5.69 Å². The molecule has 0 aliphatic carbocycles. The number of aryl methyl sites for hydroxylation is 1. The number of rotatable bonds is 10. The Balaban J connectivity index is 1.11. The fourth-order valence-electron chi connectivity index (χ4n) is 5.50. The van der Waals surface area contributed by atoms with E-state index in [-0.39, 0.29) is 23.4 Å². The number of hydrogen-bond donors (Lipinski definition) is 0. The van der Waals surface area contributed by atoms with Crippen molar-refractivity contribution in [3.63, 3.8) is 0 Å². The van der Waals surface area contributed by atoms with Crippen LogP contribution >= 0.6 is 11.8 Å². The minimum atomic E-state index is -4.45. The summed E-state index contributed by atoms with van der Waals surface area (Å²) in [7, 11) is 0.